The van der Waals surface area contributed by atoms with Gasteiger partial charge in [0.15, 0.2) is 5.82 Å². The summed E-state index contributed by atoms with van der Waals surface area (Å²) in [5.41, 5.74) is 2.77. The van der Waals surface area contributed by atoms with Crippen molar-refractivity contribution in [1.29, 1.82) is 0 Å². The summed E-state index contributed by atoms with van der Waals surface area (Å²) >= 11 is 0. The molecule has 1 atom stereocenters. The number of benzene rings is 2. The highest BCUT2D eigenvalue weighted by Crippen LogP contribution is 2.36. The van der Waals surface area contributed by atoms with Gasteiger partial charge in [-0.25, -0.2) is 0 Å². The van der Waals surface area contributed by atoms with Crippen molar-refractivity contribution in [2.24, 2.45) is 0 Å². The van der Waals surface area contributed by atoms with Crippen LogP contribution in [0.3, 0.4) is 0 Å². The Morgan fingerprint density at radius 2 is 1.96 bits per heavy atom. The van der Waals surface area contributed by atoms with Crippen molar-refractivity contribution >= 4 is 11.6 Å². The van der Waals surface area contributed by atoms with Crippen molar-refractivity contribution in [3.8, 4) is 17.2 Å². The molecule has 0 N–H and O–H groups in total. The Balaban J connectivity index is 1.58. The molecule has 1 unspecified atom stereocenters. The lowest BCUT2D eigenvalue weighted by molar-refractivity contribution is -0.117. The van der Waals surface area contributed by atoms with Gasteiger partial charge in [0, 0.05) is 24.4 Å². The SMILES string of the molecule is CCOc1ccccc1N1CC(c2noc(-c3ccccc3C)n2)CC1=O. The molecule has 0 radical (unpaired) electrons. The first-order chi connectivity index (χ1) is 13.2. The maximum atomic E-state index is 12.6. The van der Waals surface area contributed by atoms with Crippen molar-refractivity contribution in [3.63, 3.8) is 0 Å². The molecule has 0 saturated carbocycles. The highest BCUT2D eigenvalue weighted by Gasteiger charge is 2.35. The number of aryl methyl sites for hydroxylation is 1. The zero-order valence-corrected chi connectivity index (χ0v) is 15.4. The van der Waals surface area contributed by atoms with E-state index in [-0.39, 0.29) is 11.8 Å². The van der Waals surface area contributed by atoms with Gasteiger partial charge in [0.1, 0.15) is 5.75 Å². The molecule has 1 aliphatic heterocycles. The molecule has 0 spiro atoms. The fourth-order valence-electron chi connectivity index (χ4n) is 3.39. The van der Waals surface area contributed by atoms with Crippen LogP contribution < -0.4 is 9.64 Å². The quantitative estimate of drug-likeness (QED) is 0.686. The zero-order chi connectivity index (χ0) is 18.8. The maximum absolute atomic E-state index is 12.6. The molecule has 1 aromatic heterocycles. The number of anilines is 1. The Hall–Kier alpha value is -3.15. The third kappa shape index (κ3) is 3.30. The summed E-state index contributed by atoms with van der Waals surface area (Å²) in [6.07, 6.45) is 0.354. The molecule has 1 fully saturated rings. The van der Waals surface area contributed by atoms with Crippen LogP contribution in [0.25, 0.3) is 11.5 Å². The van der Waals surface area contributed by atoms with Crippen LogP contribution in [0.15, 0.2) is 53.1 Å². The Morgan fingerprint density at radius 3 is 2.78 bits per heavy atom. The molecule has 4 rings (SSSR count). The molecule has 6 nitrogen and oxygen atoms in total. The monoisotopic (exact) mass is 363 g/mol. The summed E-state index contributed by atoms with van der Waals surface area (Å²) in [5, 5.41) is 4.14. The summed E-state index contributed by atoms with van der Waals surface area (Å²) in [6, 6.07) is 15.5. The highest BCUT2D eigenvalue weighted by molar-refractivity contribution is 5.97. The van der Waals surface area contributed by atoms with Gasteiger partial charge in [0.25, 0.3) is 5.89 Å². The van der Waals surface area contributed by atoms with E-state index in [1.807, 2.05) is 62.4 Å². The smallest absolute Gasteiger partial charge is 0.258 e. The minimum absolute atomic E-state index is 0.0365. The van der Waals surface area contributed by atoms with Crippen molar-refractivity contribution in [3.05, 3.63) is 59.9 Å². The minimum atomic E-state index is -0.103. The van der Waals surface area contributed by atoms with E-state index in [4.69, 9.17) is 9.26 Å². The lowest BCUT2D eigenvalue weighted by Crippen LogP contribution is -2.25. The number of carbonyl (C=O) groups excluding carboxylic acids is 1. The fourth-order valence-corrected chi connectivity index (χ4v) is 3.39. The van der Waals surface area contributed by atoms with Gasteiger partial charge in [-0.3, -0.25) is 4.79 Å². The minimum Gasteiger partial charge on any atom is -0.492 e. The van der Waals surface area contributed by atoms with Crippen LogP contribution in [0.2, 0.25) is 0 Å². The van der Waals surface area contributed by atoms with Gasteiger partial charge in [-0.15, -0.1) is 0 Å². The first-order valence-electron chi connectivity index (χ1n) is 9.09. The number of amides is 1. The topological polar surface area (TPSA) is 68.5 Å². The van der Waals surface area contributed by atoms with Gasteiger partial charge in [0.05, 0.1) is 12.3 Å². The number of hydrogen-bond donors (Lipinski definition) is 0. The first-order valence-corrected chi connectivity index (χ1v) is 9.09. The number of rotatable bonds is 5. The van der Waals surface area contributed by atoms with Gasteiger partial charge >= 0.3 is 0 Å². The van der Waals surface area contributed by atoms with Crippen molar-refractivity contribution in [2.75, 3.05) is 18.1 Å². The molecule has 27 heavy (non-hydrogen) atoms. The first kappa shape index (κ1) is 17.3. The number of nitrogens with zero attached hydrogens (tertiary/aromatic N) is 3. The molecule has 1 saturated heterocycles. The molecule has 138 valence electrons. The zero-order valence-electron chi connectivity index (χ0n) is 15.4. The van der Waals surface area contributed by atoms with Gasteiger partial charge in [-0.05, 0) is 37.6 Å². The lowest BCUT2D eigenvalue weighted by Gasteiger charge is -2.19. The van der Waals surface area contributed by atoms with Crippen LogP contribution in [0.5, 0.6) is 5.75 Å². The Bertz CT molecular complexity index is 967. The molecule has 1 aliphatic rings. The number of para-hydroxylation sites is 2. The molecule has 1 amide bonds. The van der Waals surface area contributed by atoms with Gasteiger partial charge in [-0.1, -0.05) is 35.5 Å². The molecular formula is C21H21N3O3. The summed E-state index contributed by atoms with van der Waals surface area (Å²) in [5.74, 6) is 1.70. The van der Waals surface area contributed by atoms with Crippen LogP contribution >= 0.6 is 0 Å². The summed E-state index contributed by atoms with van der Waals surface area (Å²) in [4.78, 5) is 18.9. The summed E-state index contributed by atoms with van der Waals surface area (Å²) < 4.78 is 11.1. The Kier molecular flexibility index (Phi) is 4.62. The van der Waals surface area contributed by atoms with Gasteiger partial charge in [-0.2, -0.15) is 4.98 Å². The summed E-state index contributed by atoms with van der Waals surface area (Å²) in [6.45, 7) is 4.99. The Labute approximate surface area is 157 Å². The second kappa shape index (κ2) is 7.23. The van der Waals surface area contributed by atoms with E-state index in [1.165, 1.54) is 0 Å². The lowest BCUT2D eigenvalue weighted by atomic mass is 10.1. The second-order valence-corrected chi connectivity index (χ2v) is 6.58. The van der Waals surface area contributed by atoms with E-state index in [2.05, 4.69) is 10.1 Å². The normalized spacial score (nSPS) is 16.7. The van der Waals surface area contributed by atoms with Crippen LogP contribution in [-0.2, 0) is 4.79 Å². The highest BCUT2D eigenvalue weighted by atomic mass is 16.5. The molecule has 0 bridgehead atoms. The number of hydrogen-bond acceptors (Lipinski definition) is 5. The third-order valence-corrected chi connectivity index (χ3v) is 4.76. The Morgan fingerprint density at radius 1 is 1.19 bits per heavy atom. The fraction of sp³-hybridized carbons (Fsp3) is 0.286. The van der Waals surface area contributed by atoms with Gasteiger partial charge < -0.3 is 14.2 Å². The number of carbonyl (C=O) groups is 1. The number of aromatic nitrogens is 2. The predicted octanol–water partition coefficient (Wildman–Crippen LogP) is 3.96. The standard InChI is InChI=1S/C21H21N3O3/c1-3-26-18-11-7-6-10-17(18)24-13-15(12-19(24)25)20-22-21(27-23-20)16-9-5-4-8-14(16)2/h4-11,15H,3,12-13H2,1-2H3. The average Bonchev–Trinajstić information content (AvgIpc) is 3.30. The van der Waals surface area contributed by atoms with Crippen LogP contribution in [0.4, 0.5) is 5.69 Å². The van der Waals surface area contributed by atoms with Crippen LogP contribution in [0.1, 0.15) is 30.7 Å². The van der Waals surface area contributed by atoms with Crippen LogP contribution in [0, 0.1) is 6.92 Å². The average molecular weight is 363 g/mol. The van der Waals surface area contributed by atoms with E-state index in [1.54, 1.807) is 4.90 Å². The van der Waals surface area contributed by atoms with Crippen molar-refractivity contribution in [2.45, 2.75) is 26.2 Å². The summed E-state index contributed by atoms with van der Waals surface area (Å²) in [7, 11) is 0. The number of ether oxygens (including phenoxy) is 1. The van der Waals surface area contributed by atoms with Gasteiger partial charge in [0.2, 0.25) is 5.91 Å². The van der Waals surface area contributed by atoms with E-state index in [0.29, 0.717) is 37.0 Å². The van der Waals surface area contributed by atoms with Crippen molar-refractivity contribution < 1.29 is 14.1 Å². The third-order valence-electron chi connectivity index (χ3n) is 4.76. The maximum Gasteiger partial charge on any atom is 0.258 e. The molecule has 0 aliphatic carbocycles. The molecule has 2 aromatic carbocycles. The van der Waals surface area contributed by atoms with E-state index >= 15 is 0 Å². The van der Waals surface area contributed by atoms with E-state index in [9.17, 15) is 4.79 Å². The molecule has 6 heteroatoms. The van der Waals surface area contributed by atoms with E-state index < -0.39 is 0 Å². The largest absolute Gasteiger partial charge is 0.492 e. The second-order valence-electron chi connectivity index (χ2n) is 6.58. The predicted molar refractivity (Wildman–Crippen MR) is 102 cm³/mol. The van der Waals surface area contributed by atoms with Crippen LogP contribution in [-0.4, -0.2) is 29.2 Å². The van der Waals surface area contributed by atoms with E-state index in [0.717, 1.165) is 16.8 Å². The molecule has 2 heterocycles. The molecular weight excluding hydrogens is 342 g/mol. The molecule has 3 aromatic rings. The van der Waals surface area contributed by atoms with Crippen molar-refractivity contribution in [1.82, 2.24) is 10.1 Å².